The summed E-state index contributed by atoms with van der Waals surface area (Å²) in [4.78, 5) is 21.9. The van der Waals surface area contributed by atoms with Gasteiger partial charge >= 0.3 is 5.97 Å². The molecule has 0 heterocycles. The maximum Gasteiger partial charge on any atom is 0.303 e. The van der Waals surface area contributed by atoms with Crippen LogP contribution in [0.15, 0.2) is 22.7 Å². The maximum absolute atomic E-state index is 11.6. The molecule has 5 nitrogen and oxygen atoms in total. The van der Waals surface area contributed by atoms with Crippen LogP contribution in [0.2, 0.25) is 0 Å². The van der Waals surface area contributed by atoms with E-state index in [2.05, 4.69) is 21.2 Å². The normalized spacial score (nSPS) is 9.89. The first-order chi connectivity index (χ1) is 8.52. The number of halogens is 1. The standard InChI is InChI=1S/C12H14BrNO4/c1-18-8-5-6-9(13)10(7-8)14-11(15)3-2-4-12(16)17/h5-7H,2-4H2,1H3,(H,14,15)(H,16,17). The molecule has 6 heteroatoms. The Labute approximate surface area is 113 Å². The molecule has 2 N–H and O–H groups in total. The van der Waals surface area contributed by atoms with E-state index in [1.54, 1.807) is 25.3 Å². The van der Waals surface area contributed by atoms with E-state index < -0.39 is 5.97 Å². The third-order valence-electron chi connectivity index (χ3n) is 2.24. The van der Waals surface area contributed by atoms with Gasteiger partial charge in [-0.15, -0.1) is 0 Å². The zero-order chi connectivity index (χ0) is 13.5. The Hall–Kier alpha value is -1.56. The number of hydrogen-bond donors (Lipinski definition) is 2. The van der Waals surface area contributed by atoms with Crippen LogP contribution >= 0.6 is 15.9 Å². The summed E-state index contributed by atoms with van der Waals surface area (Å²) < 4.78 is 5.80. The first-order valence-electron chi connectivity index (χ1n) is 5.38. The third-order valence-corrected chi connectivity index (χ3v) is 2.93. The van der Waals surface area contributed by atoms with Crippen molar-refractivity contribution in [3.63, 3.8) is 0 Å². The van der Waals surface area contributed by atoms with Crippen LogP contribution in [0.5, 0.6) is 5.75 Å². The molecule has 1 aromatic carbocycles. The van der Waals surface area contributed by atoms with Crippen molar-refractivity contribution in [2.45, 2.75) is 19.3 Å². The predicted molar refractivity (Wildman–Crippen MR) is 70.8 cm³/mol. The zero-order valence-corrected chi connectivity index (χ0v) is 11.5. The van der Waals surface area contributed by atoms with Gasteiger partial charge in [-0.2, -0.15) is 0 Å². The molecule has 0 fully saturated rings. The summed E-state index contributed by atoms with van der Waals surface area (Å²) in [5, 5.41) is 11.2. The summed E-state index contributed by atoms with van der Waals surface area (Å²) in [6.45, 7) is 0. The van der Waals surface area contributed by atoms with E-state index in [4.69, 9.17) is 9.84 Å². The number of benzene rings is 1. The Morgan fingerprint density at radius 3 is 2.72 bits per heavy atom. The van der Waals surface area contributed by atoms with E-state index in [-0.39, 0.29) is 18.7 Å². The summed E-state index contributed by atoms with van der Waals surface area (Å²) in [6.07, 6.45) is 0.491. The van der Waals surface area contributed by atoms with Gasteiger partial charge in [-0.1, -0.05) is 0 Å². The van der Waals surface area contributed by atoms with Gasteiger partial charge in [0.1, 0.15) is 5.75 Å². The number of rotatable bonds is 6. The lowest BCUT2D eigenvalue weighted by atomic mass is 10.2. The van der Waals surface area contributed by atoms with Gasteiger partial charge in [0.25, 0.3) is 0 Å². The highest BCUT2D eigenvalue weighted by Gasteiger charge is 2.08. The largest absolute Gasteiger partial charge is 0.497 e. The van der Waals surface area contributed by atoms with E-state index in [9.17, 15) is 9.59 Å². The van der Waals surface area contributed by atoms with Crippen LogP contribution in [-0.4, -0.2) is 24.1 Å². The van der Waals surface area contributed by atoms with Crippen molar-refractivity contribution in [3.8, 4) is 5.75 Å². The van der Waals surface area contributed by atoms with Gasteiger partial charge in [-0.25, -0.2) is 0 Å². The predicted octanol–water partition coefficient (Wildman–Crippen LogP) is 2.65. The number of hydrogen-bond acceptors (Lipinski definition) is 3. The monoisotopic (exact) mass is 315 g/mol. The Kier molecular flexibility index (Phi) is 5.64. The molecule has 0 aliphatic carbocycles. The molecule has 0 saturated heterocycles. The minimum Gasteiger partial charge on any atom is -0.497 e. The topological polar surface area (TPSA) is 75.6 Å². The molecule has 0 aromatic heterocycles. The highest BCUT2D eigenvalue weighted by atomic mass is 79.9. The summed E-state index contributed by atoms with van der Waals surface area (Å²) in [5.74, 6) is -0.477. The van der Waals surface area contributed by atoms with Gasteiger partial charge in [0.15, 0.2) is 0 Å². The summed E-state index contributed by atoms with van der Waals surface area (Å²) in [7, 11) is 1.54. The SMILES string of the molecule is COc1ccc(Br)c(NC(=O)CCCC(=O)O)c1. The number of carbonyl (C=O) groups excluding carboxylic acids is 1. The summed E-state index contributed by atoms with van der Waals surface area (Å²) >= 11 is 3.32. The van der Waals surface area contributed by atoms with Crippen molar-refractivity contribution in [2.24, 2.45) is 0 Å². The average Bonchev–Trinajstić information content (AvgIpc) is 2.31. The second-order valence-electron chi connectivity index (χ2n) is 3.64. The van der Waals surface area contributed by atoms with Gasteiger partial charge in [-0.05, 0) is 34.5 Å². The van der Waals surface area contributed by atoms with Crippen LogP contribution < -0.4 is 10.1 Å². The summed E-state index contributed by atoms with van der Waals surface area (Å²) in [6, 6.07) is 5.23. The van der Waals surface area contributed by atoms with E-state index in [1.807, 2.05) is 0 Å². The second-order valence-corrected chi connectivity index (χ2v) is 4.50. The first-order valence-corrected chi connectivity index (χ1v) is 6.17. The smallest absolute Gasteiger partial charge is 0.303 e. The van der Waals surface area contributed by atoms with Crippen LogP contribution in [0.3, 0.4) is 0 Å². The number of methoxy groups -OCH3 is 1. The molecule has 0 bridgehead atoms. The summed E-state index contributed by atoms with van der Waals surface area (Å²) in [5.41, 5.74) is 0.606. The van der Waals surface area contributed by atoms with E-state index in [0.717, 1.165) is 4.47 Å². The molecule has 0 atom stereocenters. The minimum absolute atomic E-state index is 0.00724. The molecular weight excluding hydrogens is 302 g/mol. The molecule has 0 spiro atoms. The number of carbonyl (C=O) groups is 2. The Morgan fingerprint density at radius 2 is 2.11 bits per heavy atom. The van der Waals surface area contributed by atoms with Gasteiger partial charge in [-0.3, -0.25) is 9.59 Å². The van der Waals surface area contributed by atoms with Crippen molar-refractivity contribution in [3.05, 3.63) is 22.7 Å². The van der Waals surface area contributed by atoms with Crippen LogP contribution in [0.4, 0.5) is 5.69 Å². The van der Waals surface area contributed by atoms with Crippen molar-refractivity contribution >= 4 is 33.5 Å². The Morgan fingerprint density at radius 1 is 1.39 bits per heavy atom. The van der Waals surface area contributed by atoms with E-state index in [1.165, 1.54) is 0 Å². The molecular formula is C12H14BrNO4. The number of amides is 1. The average molecular weight is 316 g/mol. The fourth-order valence-corrected chi connectivity index (χ4v) is 1.69. The van der Waals surface area contributed by atoms with Gasteiger partial charge in [0.05, 0.1) is 12.8 Å². The van der Waals surface area contributed by atoms with Crippen molar-refractivity contribution in [1.82, 2.24) is 0 Å². The van der Waals surface area contributed by atoms with Crippen LogP contribution in [0, 0.1) is 0 Å². The number of nitrogens with one attached hydrogen (secondary N) is 1. The molecule has 18 heavy (non-hydrogen) atoms. The quantitative estimate of drug-likeness (QED) is 0.846. The molecule has 0 aliphatic rings. The van der Waals surface area contributed by atoms with E-state index in [0.29, 0.717) is 17.9 Å². The molecule has 0 saturated carbocycles. The van der Waals surface area contributed by atoms with Crippen LogP contribution in [-0.2, 0) is 9.59 Å². The van der Waals surface area contributed by atoms with Crippen molar-refractivity contribution < 1.29 is 19.4 Å². The number of aliphatic carboxylic acids is 1. The molecule has 0 aliphatic heterocycles. The molecule has 1 amide bonds. The van der Waals surface area contributed by atoms with Gasteiger partial charge in [0, 0.05) is 23.4 Å². The molecule has 1 rings (SSSR count). The number of ether oxygens (including phenoxy) is 1. The van der Waals surface area contributed by atoms with Crippen LogP contribution in [0.25, 0.3) is 0 Å². The highest BCUT2D eigenvalue weighted by molar-refractivity contribution is 9.10. The fraction of sp³-hybridized carbons (Fsp3) is 0.333. The lowest BCUT2D eigenvalue weighted by Gasteiger charge is -2.09. The minimum atomic E-state index is -0.898. The molecule has 98 valence electrons. The fourth-order valence-electron chi connectivity index (χ4n) is 1.34. The zero-order valence-electron chi connectivity index (χ0n) is 9.90. The lowest BCUT2D eigenvalue weighted by molar-refractivity contribution is -0.137. The number of carboxylic acids is 1. The molecule has 1 aromatic rings. The van der Waals surface area contributed by atoms with Crippen molar-refractivity contribution in [1.29, 1.82) is 0 Å². The Bertz CT molecular complexity index is 448. The Balaban J connectivity index is 2.55. The third kappa shape index (κ3) is 4.75. The second kappa shape index (κ2) is 7.00. The number of carboxylic acid groups (broad SMARTS) is 1. The van der Waals surface area contributed by atoms with E-state index >= 15 is 0 Å². The first kappa shape index (κ1) is 14.5. The molecule has 0 unspecified atom stereocenters. The molecule has 0 radical (unpaired) electrons. The lowest BCUT2D eigenvalue weighted by Crippen LogP contribution is -2.12. The maximum atomic E-state index is 11.6. The van der Waals surface area contributed by atoms with Gasteiger partial charge < -0.3 is 15.2 Å². The van der Waals surface area contributed by atoms with Gasteiger partial charge in [0.2, 0.25) is 5.91 Å². The van der Waals surface area contributed by atoms with Crippen LogP contribution in [0.1, 0.15) is 19.3 Å². The van der Waals surface area contributed by atoms with Crippen molar-refractivity contribution in [2.75, 3.05) is 12.4 Å². The number of anilines is 1. The highest BCUT2D eigenvalue weighted by Crippen LogP contribution is 2.27.